The van der Waals surface area contributed by atoms with Crippen LogP contribution in [0.4, 0.5) is 0 Å². The van der Waals surface area contributed by atoms with Crippen LogP contribution in [0.25, 0.3) is 0 Å². The lowest BCUT2D eigenvalue weighted by Gasteiger charge is -2.45. The summed E-state index contributed by atoms with van der Waals surface area (Å²) in [6.07, 6.45) is 3.95. The van der Waals surface area contributed by atoms with E-state index in [0.29, 0.717) is 6.54 Å². The molecule has 0 radical (unpaired) electrons. The van der Waals surface area contributed by atoms with Crippen LogP contribution in [0.5, 0.6) is 0 Å². The Morgan fingerprint density at radius 2 is 1.97 bits per heavy atom. The summed E-state index contributed by atoms with van der Waals surface area (Å²) >= 11 is 1.61. The molecule has 3 aliphatic heterocycles. The second-order valence-corrected chi connectivity index (χ2v) is 12.7. The summed E-state index contributed by atoms with van der Waals surface area (Å²) in [6, 6.07) is -1.30. The van der Waals surface area contributed by atoms with Crippen LogP contribution in [0, 0.1) is 23.7 Å². The Bertz CT molecular complexity index is 853. The van der Waals surface area contributed by atoms with Crippen molar-refractivity contribution < 1.29 is 24.2 Å². The third kappa shape index (κ3) is 4.00. The average Bonchev–Trinajstić information content (AvgIpc) is 3.33. The Morgan fingerprint density at radius 3 is 2.47 bits per heavy atom. The van der Waals surface area contributed by atoms with Crippen LogP contribution in [0.2, 0.25) is 0 Å². The number of thioether (sulfide) groups is 1. The Hall–Kier alpha value is -1.80. The van der Waals surface area contributed by atoms with E-state index in [4.69, 9.17) is 4.74 Å². The highest BCUT2D eigenvalue weighted by Crippen LogP contribution is 2.69. The summed E-state index contributed by atoms with van der Waals surface area (Å²) in [5, 5.41) is 10.2. The van der Waals surface area contributed by atoms with E-state index in [1.54, 1.807) is 27.6 Å². The third-order valence-corrected chi connectivity index (χ3v) is 9.81. The summed E-state index contributed by atoms with van der Waals surface area (Å²) in [6.45, 7) is 19.5. The molecule has 0 aliphatic carbocycles. The smallest absolute Gasteiger partial charge is 0.311 e. The Balaban J connectivity index is 2.17. The van der Waals surface area contributed by atoms with Gasteiger partial charge in [-0.05, 0) is 39.0 Å². The first-order valence-corrected chi connectivity index (χ1v) is 13.1. The molecule has 0 aromatic heterocycles. The molecular formula is C26H40N2O5S. The monoisotopic (exact) mass is 492 g/mol. The zero-order chi connectivity index (χ0) is 25.6. The number of aliphatic hydroxyl groups is 1. The van der Waals surface area contributed by atoms with Crippen LogP contribution in [0.3, 0.4) is 0 Å². The summed E-state index contributed by atoms with van der Waals surface area (Å²) < 4.78 is 4.68. The standard InChI is InChI=1S/C26H40N2O5S/c1-9-11-27(25(6,7)8)23(31)21-26-16(5)13-18(34-26)19(24(32)33-12-10-2)20(26)22(30)28(21)17(14-29)15(3)4/h9-10,15-21,29H,1-2,11-14H2,3-8H3/t16?,17-,18-,19+,20-,21?,26?/m0/s1. The molecule has 1 spiro atoms. The first kappa shape index (κ1) is 26.8. The second kappa shape index (κ2) is 9.69. The molecule has 2 bridgehead atoms. The van der Waals surface area contributed by atoms with E-state index in [9.17, 15) is 19.5 Å². The van der Waals surface area contributed by atoms with Crippen molar-refractivity contribution in [2.45, 2.75) is 75.6 Å². The average molecular weight is 493 g/mol. The van der Waals surface area contributed by atoms with Gasteiger partial charge in [0.2, 0.25) is 11.8 Å². The number of hydrogen-bond acceptors (Lipinski definition) is 6. The predicted molar refractivity (Wildman–Crippen MR) is 134 cm³/mol. The Labute approximate surface area is 208 Å². The lowest BCUT2D eigenvalue weighted by atomic mass is 9.66. The van der Waals surface area contributed by atoms with E-state index >= 15 is 0 Å². The third-order valence-electron chi connectivity index (χ3n) is 7.73. The molecule has 3 unspecified atom stereocenters. The van der Waals surface area contributed by atoms with Gasteiger partial charge >= 0.3 is 5.97 Å². The number of aliphatic hydroxyl groups excluding tert-OH is 1. The maximum atomic E-state index is 14.4. The van der Waals surface area contributed by atoms with Gasteiger partial charge in [0, 0.05) is 17.3 Å². The highest BCUT2D eigenvalue weighted by atomic mass is 32.2. The van der Waals surface area contributed by atoms with E-state index in [2.05, 4.69) is 20.1 Å². The minimum Gasteiger partial charge on any atom is -0.461 e. The fourth-order valence-corrected chi connectivity index (χ4v) is 8.58. The zero-order valence-corrected chi connectivity index (χ0v) is 22.1. The van der Waals surface area contributed by atoms with Crippen molar-refractivity contribution in [1.29, 1.82) is 0 Å². The van der Waals surface area contributed by atoms with Crippen molar-refractivity contribution in [3.05, 3.63) is 25.3 Å². The highest BCUT2D eigenvalue weighted by Gasteiger charge is 2.77. The Kier molecular flexibility index (Phi) is 7.63. The van der Waals surface area contributed by atoms with Crippen molar-refractivity contribution in [3.63, 3.8) is 0 Å². The number of hydrogen-bond donors (Lipinski definition) is 1. The van der Waals surface area contributed by atoms with E-state index in [1.165, 1.54) is 6.08 Å². The van der Waals surface area contributed by atoms with Gasteiger partial charge in [0.1, 0.15) is 12.6 Å². The molecule has 190 valence electrons. The second-order valence-electron chi connectivity index (χ2n) is 11.1. The number of rotatable bonds is 9. The van der Waals surface area contributed by atoms with Gasteiger partial charge in [-0.2, -0.15) is 0 Å². The molecule has 34 heavy (non-hydrogen) atoms. The first-order valence-electron chi connectivity index (χ1n) is 12.2. The number of carbonyl (C=O) groups is 3. The summed E-state index contributed by atoms with van der Waals surface area (Å²) in [7, 11) is 0. The van der Waals surface area contributed by atoms with E-state index < -0.39 is 40.2 Å². The molecule has 0 aromatic carbocycles. The normalized spacial score (nSPS) is 33.1. The Morgan fingerprint density at radius 1 is 1.32 bits per heavy atom. The molecule has 7 atom stereocenters. The molecule has 2 amide bonds. The van der Waals surface area contributed by atoms with Gasteiger partial charge in [-0.3, -0.25) is 14.4 Å². The van der Waals surface area contributed by atoms with Gasteiger partial charge in [-0.25, -0.2) is 0 Å². The number of ether oxygens (including phenoxy) is 1. The summed E-state index contributed by atoms with van der Waals surface area (Å²) in [5.41, 5.74) is -0.492. The van der Waals surface area contributed by atoms with Crippen molar-refractivity contribution in [1.82, 2.24) is 9.80 Å². The lowest BCUT2D eigenvalue weighted by molar-refractivity contribution is -0.154. The van der Waals surface area contributed by atoms with Gasteiger partial charge in [-0.15, -0.1) is 18.3 Å². The van der Waals surface area contributed by atoms with E-state index in [-0.39, 0.29) is 42.1 Å². The fraction of sp³-hybridized carbons (Fsp3) is 0.731. The molecule has 3 saturated heterocycles. The van der Waals surface area contributed by atoms with Crippen LogP contribution in [-0.2, 0) is 19.1 Å². The zero-order valence-electron chi connectivity index (χ0n) is 21.3. The molecular weight excluding hydrogens is 452 g/mol. The highest BCUT2D eigenvalue weighted by molar-refractivity contribution is 8.02. The predicted octanol–water partition coefficient (Wildman–Crippen LogP) is 2.88. The van der Waals surface area contributed by atoms with E-state index in [1.807, 2.05) is 34.6 Å². The largest absolute Gasteiger partial charge is 0.461 e. The van der Waals surface area contributed by atoms with Gasteiger partial charge in [0.15, 0.2) is 0 Å². The van der Waals surface area contributed by atoms with Crippen LogP contribution >= 0.6 is 11.8 Å². The maximum Gasteiger partial charge on any atom is 0.311 e. The topological polar surface area (TPSA) is 87.2 Å². The molecule has 3 heterocycles. The van der Waals surface area contributed by atoms with Gasteiger partial charge < -0.3 is 19.6 Å². The van der Waals surface area contributed by atoms with Gasteiger partial charge in [0.25, 0.3) is 0 Å². The fourth-order valence-electron chi connectivity index (χ4n) is 6.19. The van der Waals surface area contributed by atoms with Crippen molar-refractivity contribution in [2.75, 3.05) is 19.8 Å². The molecule has 0 saturated carbocycles. The van der Waals surface area contributed by atoms with Gasteiger partial charge in [-0.1, -0.05) is 39.5 Å². The van der Waals surface area contributed by atoms with Crippen LogP contribution in [0.15, 0.2) is 25.3 Å². The van der Waals surface area contributed by atoms with Crippen molar-refractivity contribution in [2.24, 2.45) is 23.7 Å². The van der Waals surface area contributed by atoms with Crippen LogP contribution < -0.4 is 0 Å². The molecule has 0 aromatic rings. The number of amides is 2. The number of nitrogens with zero attached hydrogens (tertiary/aromatic N) is 2. The van der Waals surface area contributed by atoms with Crippen molar-refractivity contribution in [3.8, 4) is 0 Å². The molecule has 3 fully saturated rings. The number of esters is 1. The molecule has 1 N–H and O–H groups in total. The number of fused-ring (bicyclic) bond motifs is 1. The molecule has 8 heteroatoms. The van der Waals surface area contributed by atoms with Crippen LogP contribution in [-0.4, -0.2) is 80.1 Å². The summed E-state index contributed by atoms with van der Waals surface area (Å²) in [4.78, 5) is 45.0. The lowest BCUT2D eigenvalue weighted by Crippen LogP contribution is -2.62. The maximum absolute atomic E-state index is 14.4. The quantitative estimate of drug-likeness (QED) is 0.393. The minimum absolute atomic E-state index is 0.0518. The molecule has 3 aliphatic rings. The minimum atomic E-state index is -0.772. The molecule has 7 nitrogen and oxygen atoms in total. The van der Waals surface area contributed by atoms with Crippen molar-refractivity contribution >= 4 is 29.5 Å². The first-order chi connectivity index (χ1) is 15.9. The number of likely N-dealkylation sites (tertiary alicyclic amines) is 1. The SMILES string of the molecule is C=CCOC(=O)[C@@H]1[C@@H]2CC(C)C3(S2)C(C(=O)N(CC=C)C(C)(C)C)N([C@@H](CO)C(C)C)C(=O)[C@H]13. The summed E-state index contributed by atoms with van der Waals surface area (Å²) in [5.74, 6) is -2.05. The van der Waals surface area contributed by atoms with Gasteiger partial charge in [0.05, 0.1) is 29.2 Å². The van der Waals surface area contributed by atoms with Crippen LogP contribution in [0.1, 0.15) is 48.0 Å². The van der Waals surface area contributed by atoms with E-state index in [0.717, 1.165) is 6.42 Å². The molecule has 3 rings (SSSR count). The number of carbonyl (C=O) groups excluding carboxylic acids is 3.